The Bertz CT molecular complexity index is 223. The smallest absolute Gasteiger partial charge is 0.0446 e. The van der Waals surface area contributed by atoms with E-state index in [4.69, 9.17) is 5.11 Å². The molecule has 2 N–H and O–H groups in total. The second kappa shape index (κ2) is 6.88. The number of aliphatic hydroxyl groups excluding tert-OH is 1. The maximum atomic E-state index is 9.10. The minimum absolute atomic E-state index is 0.301. The van der Waals surface area contributed by atoms with E-state index in [0.717, 1.165) is 24.9 Å². The van der Waals surface area contributed by atoms with Crippen LogP contribution in [0.2, 0.25) is 0 Å². The molecule has 0 aromatic heterocycles. The second-order valence-corrected chi connectivity index (χ2v) is 6.27. The van der Waals surface area contributed by atoms with Gasteiger partial charge in [0.1, 0.15) is 0 Å². The topological polar surface area (TPSA) is 35.5 Å². The van der Waals surface area contributed by atoms with Crippen LogP contribution in [0.15, 0.2) is 0 Å². The van der Waals surface area contributed by atoms with Crippen molar-refractivity contribution in [2.24, 2.45) is 5.41 Å². The summed E-state index contributed by atoms with van der Waals surface area (Å²) >= 11 is 0. The average molecular weight is 254 g/mol. The lowest BCUT2D eigenvalue weighted by molar-refractivity contribution is 0.0969. The van der Waals surface area contributed by atoms with Crippen molar-refractivity contribution in [3.8, 4) is 0 Å². The van der Waals surface area contributed by atoms with E-state index in [2.05, 4.69) is 17.1 Å². The fourth-order valence-corrected chi connectivity index (χ4v) is 3.85. The van der Waals surface area contributed by atoms with Crippen LogP contribution in [-0.4, -0.2) is 48.8 Å². The number of nitrogens with one attached hydrogen (secondary N) is 1. The van der Waals surface area contributed by atoms with E-state index < -0.39 is 0 Å². The zero-order valence-electron chi connectivity index (χ0n) is 12.0. The molecule has 1 aliphatic carbocycles. The fourth-order valence-electron chi connectivity index (χ4n) is 3.85. The number of rotatable bonds is 6. The Balaban J connectivity index is 1.74. The summed E-state index contributed by atoms with van der Waals surface area (Å²) in [6, 6.07) is 0.470. The molecular weight excluding hydrogens is 224 g/mol. The molecule has 2 rings (SSSR count). The van der Waals surface area contributed by atoms with Gasteiger partial charge in [0.15, 0.2) is 0 Å². The van der Waals surface area contributed by atoms with Crippen LogP contribution in [0.25, 0.3) is 0 Å². The van der Waals surface area contributed by atoms with E-state index in [1.165, 1.54) is 51.6 Å². The normalized spacial score (nSPS) is 25.7. The van der Waals surface area contributed by atoms with Gasteiger partial charge >= 0.3 is 0 Å². The van der Waals surface area contributed by atoms with Gasteiger partial charge in [-0.15, -0.1) is 0 Å². The minimum atomic E-state index is 0.301. The molecule has 0 bridgehead atoms. The Labute approximate surface area is 112 Å². The van der Waals surface area contributed by atoms with Crippen LogP contribution in [0.4, 0.5) is 0 Å². The predicted molar refractivity (Wildman–Crippen MR) is 75.7 cm³/mol. The third-order valence-electron chi connectivity index (χ3n) is 5.03. The average Bonchev–Trinajstić information content (AvgIpc) is 2.82. The first-order chi connectivity index (χ1) is 8.78. The summed E-state index contributed by atoms with van der Waals surface area (Å²) in [5.41, 5.74) is 0.723. The highest BCUT2D eigenvalue weighted by Crippen LogP contribution is 2.46. The maximum Gasteiger partial charge on any atom is 0.0446 e. The van der Waals surface area contributed by atoms with Crippen LogP contribution in [0.1, 0.15) is 51.9 Å². The molecule has 3 heteroatoms. The number of likely N-dealkylation sites (N-methyl/N-ethyl adjacent to an activating group) is 1. The monoisotopic (exact) mass is 254 g/mol. The summed E-state index contributed by atoms with van der Waals surface area (Å²) in [5.74, 6) is 0. The molecule has 2 fully saturated rings. The van der Waals surface area contributed by atoms with Crippen LogP contribution < -0.4 is 5.32 Å². The van der Waals surface area contributed by atoms with Crippen LogP contribution in [0, 0.1) is 5.41 Å². The largest absolute Gasteiger partial charge is 0.396 e. The summed E-state index contributed by atoms with van der Waals surface area (Å²) in [6.45, 7) is 7.11. The Hall–Kier alpha value is -0.120. The van der Waals surface area contributed by atoms with E-state index >= 15 is 0 Å². The molecule has 1 heterocycles. The van der Waals surface area contributed by atoms with Crippen LogP contribution >= 0.6 is 0 Å². The Morgan fingerprint density at radius 1 is 1.17 bits per heavy atom. The number of hydrogen-bond acceptors (Lipinski definition) is 3. The predicted octanol–water partition coefficient (Wildman–Crippen LogP) is 2.00. The van der Waals surface area contributed by atoms with E-state index in [9.17, 15) is 0 Å². The van der Waals surface area contributed by atoms with Crippen molar-refractivity contribution >= 4 is 0 Å². The molecule has 18 heavy (non-hydrogen) atoms. The Morgan fingerprint density at radius 2 is 1.83 bits per heavy atom. The van der Waals surface area contributed by atoms with E-state index in [1.807, 2.05) is 0 Å². The summed E-state index contributed by atoms with van der Waals surface area (Å²) < 4.78 is 0. The lowest BCUT2D eigenvalue weighted by atomic mass is 9.77. The fraction of sp³-hybridized carbons (Fsp3) is 1.00. The quantitative estimate of drug-likeness (QED) is 0.761. The summed E-state index contributed by atoms with van der Waals surface area (Å²) in [6.07, 6.45) is 9.59. The molecular formula is C15H30N2O. The Morgan fingerprint density at radius 3 is 2.39 bits per heavy atom. The van der Waals surface area contributed by atoms with Gasteiger partial charge in [-0.2, -0.15) is 0 Å². The van der Waals surface area contributed by atoms with Crippen molar-refractivity contribution in [1.29, 1.82) is 0 Å². The molecule has 0 aromatic carbocycles. The molecule has 3 nitrogen and oxygen atoms in total. The standard InChI is InChI=1S/C15H30N2O/c1-2-16-14(5-12-18)13-17-10-8-15(9-11-17)6-3-4-7-15/h14,16,18H,2-13H2,1H3. The number of piperidine rings is 1. The van der Waals surface area contributed by atoms with E-state index in [-0.39, 0.29) is 0 Å². The zero-order chi connectivity index (χ0) is 12.8. The first kappa shape index (κ1) is 14.3. The van der Waals surface area contributed by atoms with Crippen LogP contribution in [0.3, 0.4) is 0 Å². The lowest BCUT2D eigenvalue weighted by Crippen LogP contribution is -2.46. The van der Waals surface area contributed by atoms with Crippen molar-refractivity contribution < 1.29 is 5.11 Å². The number of nitrogens with zero attached hydrogens (tertiary/aromatic N) is 1. The van der Waals surface area contributed by atoms with Gasteiger partial charge in [-0.3, -0.25) is 0 Å². The van der Waals surface area contributed by atoms with Gasteiger partial charge in [-0.05, 0) is 57.2 Å². The van der Waals surface area contributed by atoms with Gasteiger partial charge in [0.25, 0.3) is 0 Å². The van der Waals surface area contributed by atoms with Crippen molar-refractivity contribution in [2.75, 3.05) is 32.8 Å². The molecule has 106 valence electrons. The van der Waals surface area contributed by atoms with E-state index in [1.54, 1.807) is 0 Å². The second-order valence-electron chi connectivity index (χ2n) is 6.27. The maximum absolute atomic E-state index is 9.10. The van der Waals surface area contributed by atoms with Crippen molar-refractivity contribution in [3.63, 3.8) is 0 Å². The summed E-state index contributed by atoms with van der Waals surface area (Å²) in [5, 5.41) is 12.6. The first-order valence-corrected chi connectivity index (χ1v) is 7.84. The zero-order valence-corrected chi connectivity index (χ0v) is 12.0. The van der Waals surface area contributed by atoms with Gasteiger partial charge in [-0.25, -0.2) is 0 Å². The highest BCUT2D eigenvalue weighted by molar-refractivity contribution is 4.90. The van der Waals surface area contributed by atoms with Crippen molar-refractivity contribution in [2.45, 2.75) is 57.9 Å². The molecule has 0 radical (unpaired) electrons. The van der Waals surface area contributed by atoms with Crippen molar-refractivity contribution in [3.05, 3.63) is 0 Å². The van der Waals surface area contributed by atoms with Gasteiger partial charge in [0.2, 0.25) is 0 Å². The number of likely N-dealkylation sites (tertiary alicyclic amines) is 1. The molecule has 1 aliphatic heterocycles. The summed E-state index contributed by atoms with van der Waals surface area (Å²) in [7, 11) is 0. The third-order valence-corrected chi connectivity index (χ3v) is 5.03. The lowest BCUT2D eigenvalue weighted by Gasteiger charge is -2.40. The number of aliphatic hydroxyl groups is 1. The highest BCUT2D eigenvalue weighted by atomic mass is 16.3. The van der Waals surface area contributed by atoms with Gasteiger partial charge in [0.05, 0.1) is 0 Å². The van der Waals surface area contributed by atoms with Crippen LogP contribution in [-0.2, 0) is 0 Å². The van der Waals surface area contributed by atoms with E-state index in [0.29, 0.717) is 12.6 Å². The molecule has 1 unspecified atom stereocenters. The Kier molecular flexibility index (Phi) is 5.46. The van der Waals surface area contributed by atoms with Crippen LogP contribution in [0.5, 0.6) is 0 Å². The summed E-state index contributed by atoms with van der Waals surface area (Å²) in [4.78, 5) is 2.60. The molecule has 2 aliphatic rings. The van der Waals surface area contributed by atoms with Gasteiger partial charge in [-0.1, -0.05) is 19.8 Å². The number of hydrogen-bond donors (Lipinski definition) is 2. The molecule has 1 saturated carbocycles. The van der Waals surface area contributed by atoms with Gasteiger partial charge in [0, 0.05) is 19.2 Å². The molecule has 1 atom stereocenters. The molecule has 0 amide bonds. The molecule has 1 spiro atoms. The highest BCUT2D eigenvalue weighted by Gasteiger charge is 2.36. The minimum Gasteiger partial charge on any atom is -0.396 e. The third kappa shape index (κ3) is 3.69. The SMILES string of the molecule is CCNC(CCO)CN1CCC2(CCCC2)CC1. The molecule has 1 saturated heterocycles. The molecule has 0 aromatic rings. The first-order valence-electron chi connectivity index (χ1n) is 7.84. The van der Waals surface area contributed by atoms with Gasteiger partial charge < -0.3 is 15.3 Å². The van der Waals surface area contributed by atoms with Crippen molar-refractivity contribution in [1.82, 2.24) is 10.2 Å².